The lowest BCUT2D eigenvalue weighted by Gasteiger charge is -2.01. The maximum Gasteiger partial charge on any atom is 0.243 e. The van der Waals surface area contributed by atoms with E-state index >= 15 is 0 Å². The number of hydrogen-bond acceptors (Lipinski definition) is 3. The Morgan fingerprint density at radius 2 is 2.43 bits per heavy atom. The lowest BCUT2D eigenvalue weighted by molar-refractivity contribution is 0.582. The van der Waals surface area contributed by atoms with Crippen molar-refractivity contribution in [2.75, 3.05) is 6.54 Å². The molecule has 0 aromatic carbocycles. The molecule has 0 bridgehead atoms. The van der Waals surface area contributed by atoms with E-state index in [1.54, 1.807) is 13.1 Å². The zero-order chi connectivity index (χ0) is 10.6. The van der Waals surface area contributed by atoms with Gasteiger partial charge < -0.3 is 0 Å². The fraction of sp³-hybridized carbons (Fsp3) is 0.375. The standard InChI is InChI=1S/C8H13N3O2S/c1-3-4-5-10-14(12,13)8-6-9-11(2)7-8/h3,6-7,10H,1,4-5H2,2H3. The van der Waals surface area contributed by atoms with E-state index in [2.05, 4.69) is 16.4 Å². The second-order valence-electron chi connectivity index (χ2n) is 2.82. The smallest absolute Gasteiger partial charge is 0.243 e. The molecule has 1 aromatic heterocycles. The summed E-state index contributed by atoms with van der Waals surface area (Å²) >= 11 is 0. The minimum absolute atomic E-state index is 0.184. The van der Waals surface area contributed by atoms with Crippen molar-refractivity contribution in [3.63, 3.8) is 0 Å². The van der Waals surface area contributed by atoms with Gasteiger partial charge in [-0.3, -0.25) is 4.68 Å². The maximum absolute atomic E-state index is 11.5. The first-order valence-electron chi connectivity index (χ1n) is 4.15. The Kier molecular flexibility index (Phi) is 3.43. The maximum atomic E-state index is 11.5. The van der Waals surface area contributed by atoms with Crippen LogP contribution in [0, 0.1) is 0 Å². The number of aromatic nitrogens is 2. The monoisotopic (exact) mass is 215 g/mol. The summed E-state index contributed by atoms with van der Waals surface area (Å²) in [7, 11) is -1.72. The highest BCUT2D eigenvalue weighted by Gasteiger charge is 2.14. The second kappa shape index (κ2) is 4.39. The van der Waals surface area contributed by atoms with Gasteiger partial charge in [-0.25, -0.2) is 13.1 Å². The number of rotatable bonds is 5. The van der Waals surface area contributed by atoms with Crippen LogP contribution >= 0.6 is 0 Å². The van der Waals surface area contributed by atoms with E-state index in [0.29, 0.717) is 13.0 Å². The van der Waals surface area contributed by atoms with E-state index in [-0.39, 0.29) is 4.90 Å². The van der Waals surface area contributed by atoms with Crippen molar-refractivity contribution in [3.8, 4) is 0 Å². The van der Waals surface area contributed by atoms with Crippen LogP contribution in [-0.4, -0.2) is 24.7 Å². The van der Waals surface area contributed by atoms with Crippen molar-refractivity contribution in [2.45, 2.75) is 11.3 Å². The molecule has 0 fully saturated rings. The quantitative estimate of drug-likeness (QED) is 0.566. The Balaban J connectivity index is 2.71. The average molecular weight is 215 g/mol. The average Bonchev–Trinajstić information content (AvgIpc) is 2.53. The molecule has 0 aliphatic carbocycles. The molecule has 6 heteroatoms. The largest absolute Gasteiger partial charge is 0.274 e. The molecule has 5 nitrogen and oxygen atoms in total. The lowest BCUT2D eigenvalue weighted by Crippen LogP contribution is -2.24. The predicted octanol–water partition coefficient (Wildman–Crippen LogP) is 0.274. The summed E-state index contributed by atoms with van der Waals surface area (Å²) in [5, 5.41) is 3.79. The van der Waals surface area contributed by atoms with Crippen molar-refractivity contribution in [1.29, 1.82) is 0 Å². The summed E-state index contributed by atoms with van der Waals surface area (Å²) < 4.78 is 26.9. The third kappa shape index (κ3) is 2.68. The zero-order valence-electron chi connectivity index (χ0n) is 7.97. The Bertz CT molecular complexity index is 408. The molecule has 0 atom stereocenters. The molecule has 0 saturated heterocycles. The summed E-state index contributed by atoms with van der Waals surface area (Å²) in [6.45, 7) is 3.87. The van der Waals surface area contributed by atoms with Crippen LogP contribution in [0.1, 0.15) is 6.42 Å². The van der Waals surface area contributed by atoms with Crippen molar-refractivity contribution in [2.24, 2.45) is 7.05 Å². The summed E-state index contributed by atoms with van der Waals surface area (Å²) in [6.07, 6.45) is 5.04. The third-order valence-corrected chi connectivity index (χ3v) is 3.05. The highest BCUT2D eigenvalue weighted by Crippen LogP contribution is 2.05. The van der Waals surface area contributed by atoms with Crippen molar-refractivity contribution < 1.29 is 8.42 Å². The first-order chi connectivity index (χ1) is 6.56. The van der Waals surface area contributed by atoms with Crippen LogP contribution in [-0.2, 0) is 17.1 Å². The number of sulfonamides is 1. The molecule has 1 aromatic rings. The first kappa shape index (κ1) is 10.9. The zero-order valence-corrected chi connectivity index (χ0v) is 8.79. The van der Waals surface area contributed by atoms with Gasteiger partial charge in [-0.1, -0.05) is 6.08 Å². The molecule has 1 N–H and O–H groups in total. The van der Waals surface area contributed by atoms with E-state index in [1.165, 1.54) is 17.1 Å². The van der Waals surface area contributed by atoms with Gasteiger partial charge in [0.1, 0.15) is 4.90 Å². The van der Waals surface area contributed by atoms with E-state index in [9.17, 15) is 8.42 Å². The molecule has 0 radical (unpaired) electrons. The van der Waals surface area contributed by atoms with E-state index < -0.39 is 10.0 Å². The van der Waals surface area contributed by atoms with Crippen molar-refractivity contribution in [1.82, 2.24) is 14.5 Å². The topological polar surface area (TPSA) is 64.0 Å². The molecule has 0 spiro atoms. The SMILES string of the molecule is C=CCCNS(=O)(=O)c1cnn(C)c1. The summed E-state index contributed by atoms with van der Waals surface area (Å²) in [5.41, 5.74) is 0. The van der Waals surface area contributed by atoms with Crippen LogP contribution in [0.3, 0.4) is 0 Å². The molecule has 0 aliphatic heterocycles. The number of nitrogens with zero attached hydrogens (tertiary/aromatic N) is 2. The van der Waals surface area contributed by atoms with Gasteiger partial charge in [0.05, 0.1) is 6.20 Å². The molecular formula is C8H13N3O2S. The fourth-order valence-corrected chi connectivity index (χ4v) is 1.95. The van der Waals surface area contributed by atoms with Crippen LogP contribution in [0.5, 0.6) is 0 Å². The minimum atomic E-state index is -3.39. The Morgan fingerprint density at radius 3 is 2.93 bits per heavy atom. The van der Waals surface area contributed by atoms with Crippen LogP contribution in [0.2, 0.25) is 0 Å². The highest BCUT2D eigenvalue weighted by molar-refractivity contribution is 7.89. The second-order valence-corrected chi connectivity index (χ2v) is 4.59. The molecule has 78 valence electrons. The highest BCUT2D eigenvalue weighted by atomic mass is 32.2. The molecule has 0 amide bonds. The van der Waals surface area contributed by atoms with Crippen molar-refractivity contribution >= 4 is 10.0 Å². The van der Waals surface area contributed by atoms with Gasteiger partial charge in [0, 0.05) is 19.8 Å². The van der Waals surface area contributed by atoms with Crippen LogP contribution in [0.15, 0.2) is 29.9 Å². The van der Waals surface area contributed by atoms with Crippen LogP contribution in [0.25, 0.3) is 0 Å². The van der Waals surface area contributed by atoms with E-state index in [4.69, 9.17) is 0 Å². The summed E-state index contributed by atoms with van der Waals surface area (Å²) in [5.74, 6) is 0. The Labute approximate surface area is 83.5 Å². The molecule has 1 heterocycles. The van der Waals surface area contributed by atoms with Gasteiger partial charge in [-0.15, -0.1) is 6.58 Å². The molecule has 0 aliphatic rings. The van der Waals surface area contributed by atoms with Gasteiger partial charge in [0.25, 0.3) is 0 Å². The molecular weight excluding hydrogens is 202 g/mol. The molecule has 0 saturated carbocycles. The van der Waals surface area contributed by atoms with Crippen LogP contribution in [0.4, 0.5) is 0 Å². The summed E-state index contributed by atoms with van der Waals surface area (Å²) in [6, 6.07) is 0. The molecule has 14 heavy (non-hydrogen) atoms. The predicted molar refractivity (Wildman–Crippen MR) is 53.2 cm³/mol. The van der Waals surface area contributed by atoms with Crippen molar-refractivity contribution in [3.05, 3.63) is 25.0 Å². The third-order valence-electron chi connectivity index (χ3n) is 1.63. The fourth-order valence-electron chi connectivity index (χ4n) is 0.916. The van der Waals surface area contributed by atoms with Gasteiger partial charge in [0.2, 0.25) is 10.0 Å². The van der Waals surface area contributed by atoms with Crippen LogP contribution < -0.4 is 4.72 Å². The minimum Gasteiger partial charge on any atom is -0.274 e. The summed E-state index contributed by atoms with van der Waals surface area (Å²) in [4.78, 5) is 0.184. The molecule has 0 unspecified atom stereocenters. The Morgan fingerprint density at radius 1 is 1.71 bits per heavy atom. The molecule has 1 rings (SSSR count). The van der Waals surface area contributed by atoms with Gasteiger partial charge in [0.15, 0.2) is 0 Å². The Hall–Kier alpha value is -1.14. The van der Waals surface area contributed by atoms with E-state index in [0.717, 1.165) is 0 Å². The first-order valence-corrected chi connectivity index (χ1v) is 5.64. The van der Waals surface area contributed by atoms with Gasteiger partial charge >= 0.3 is 0 Å². The van der Waals surface area contributed by atoms with E-state index in [1.807, 2.05) is 0 Å². The number of aryl methyl sites for hydroxylation is 1. The van der Waals surface area contributed by atoms with Gasteiger partial charge in [-0.05, 0) is 6.42 Å². The number of hydrogen-bond donors (Lipinski definition) is 1. The van der Waals surface area contributed by atoms with Gasteiger partial charge in [-0.2, -0.15) is 5.10 Å². The normalized spacial score (nSPS) is 11.5. The number of nitrogens with one attached hydrogen (secondary N) is 1. The lowest BCUT2D eigenvalue weighted by atomic mass is 10.4.